The first-order valence-corrected chi connectivity index (χ1v) is 6.68. The quantitative estimate of drug-likeness (QED) is 0.787. The molecule has 0 fully saturated rings. The lowest BCUT2D eigenvalue weighted by molar-refractivity contribution is 0.0973. The number of carbonyl (C=O) groups excluding carboxylic acids is 2. The third-order valence-corrected chi connectivity index (χ3v) is 3.83. The van der Waals surface area contributed by atoms with Crippen LogP contribution in [0.3, 0.4) is 0 Å². The average molecular weight is 298 g/mol. The van der Waals surface area contributed by atoms with E-state index >= 15 is 0 Å². The minimum atomic E-state index is -0.446. The molecule has 0 radical (unpaired) electrons. The van der Waals surface area contributed by atoms with Crippen LogP contribution in [0.4, 0.5) is 0 Å². The molecule has 5 heteroatoms. The molecule has 0 atom stereocenters. The van der Waals surface area contributed by atoms with Crippen LogP contribution in [0, 0.1) is 6.92 Å². The van der Waals surface area contributed by atoms with Crippen LogP contribution >= 0.6 is 0 Å². The Labute approximate surface area is 127 Å². The van der Waals surface area contributed by atoms with Crippen LogP contribution in [0.15, 0.2) is 24.3 Å². The number of ketones is 2. The van der Waals surface area contributed by atoms with Crippen molar-refractivity contribution in [1.82, 2.24) is 0 Å². The first-order valence-electron chi connectivity index (χ1n) is 6.68. The number of hydrogen-bond acceptors (Lipinski definition) is 5. The predicted octanol–water partition coefficient (Wildman–Crippen LogP) is 2.49. The number of aryl methyl sites for hydroxylation is 1. The zero-order valence-corrected chi connectivity index (χ0v) is 12.4. The van der Waals surface area contributed by atoms with Crippen molar-refractivity contribution in [2.75, 3.05) is 14.2 Å². The van der Waals surface area contributed by atoms with E-state index in [9.17, 15) is 14.7 Å². The molecule has 0 amide bonds. The summed E-state index contributed by atoms with van der Waals surface area (Å²) in [5.74, 6) is -0.575. The van der Waals surface area contributed by atoms with Crippen LogP contribution in [0.5, 0.6) is 17.2 Å². The van der Waals surface area contributed by atoms with Crippen molar-refractivity contribution in [1.29, 1.82) is 0 Å². The van der Waals surface area contributed by atoms with Crippen molar-refractivity contribution in [3.05, 3.63) is 52.1 Å². The van der Waals surface area contributed by atoms with Gasteiger partial charge in [-0.2, -0.15) is 0 Å². The Morgan fingerprint density at radius 2 is 1.68 bits per heavy atom. The molecule has 0 spiro atoms. The van der Waals surface area contributed by atoms with Gasteiger partial charge in [0.05, 0.1) is 25.3 Å². The summed E-state index contributed by atoms with van der Waals surface area (Å²) >= 11 is 0. The molecule has 0 unspecified atom stereocenters. The van der Waals surface area contributed by atoms with Crippen LogP contribution in [0.2, 0.25) is 0 Å². The zero-order valence-electron chi connectivity index (χ0n) is 12.4. The van der Waals surface area contributed by atoms with Gasteiger partial charge in [-0.3, -0.25) is 9.59 Å². The second-order valence-electron chi connectivity index (χ2n) is 5.04. The first kappa shape index (κ1) is 14.1. The molecule has 2 aromatic rings. The summed E-state index contributed by atoms with van der Waals surface area (Å²) < 4.78 is 10.3. The summed E-state index contributed by atoms with van der Waals surface area (Å²) in [5, 5.41) is 10.4. The Hall–Kier alpha value is -2.82. The van der Waals surface area contributed by atoms with Crippen molar-refractivity contribution in [3.8, 4) is 17.2 Å². The number of fused-ring (bicyclic) bond motifs is 2. The molecule has 2 aromatic carbocycles. The van der Waals surface area contributed by atoms with E-state index in [0.717, 1.165) is 0 Å². The van der Waals surface area contributed by atoms with Crippen LogP contribution in [-0.4, -0.2) is 30.9 Å². The Bertz CT molecular complexity index is 820. The number of rotatable bonds is 2. The van der Waals surface area contributed by atoms with Gasteiger partial charge in [-0.25, -0.2) is 0 Å². The maximum Gasteiger partial charge on any atom is 0.202 e. The van der Waals surface area contributed by atoms with E-state index in [1.807, 2.05) is 0 Å². The van der Waals surface area contributed by atoms with Crippen molar-refractivity contribution < 1.29 is 24.2 Å². The maximum atomic E-state index is 12.8. The van der Waals surface area contributed by atoms with Gasteiger partial charge in [0.15, 0.2) is 17.3 Å². The SMILES string of the molecule is COc1cccc2c1C(=O)c1c(cc(C)c(OC)c1O)C2=O. The topological polar surface area (TPSA) is 72.8 Å². The second kappa shape index (κ2) is 4.87. The molecular weight excluding hydrogens is 284 g/mol. The Morgan fingerprint density at radius 1 is 0.955 bits per heavy atom. The second-order valence-corrected chi connectivity index (χ2v) is 5.04. The summed E-state index contributed by atoms with van der Waals surface area (Å²) in [6.45, 7) is 1.71. The minimum absolute atomic E-state index is 0.0375. The number of phenols is 1. The third-order valence-electron chi connectivity index (χ3n) is 3.83. The molecule has 0 saturated heterocycles. The third kappa shape index (κ3) is 1.72. The van der Waals surface area contributed by atoms with Crippen molar-refractivity contribution in [2.45, 2.75) is 6.92 Å². The zero-order chi connectivity index (χ0) is 16.0. The van der Waals surface area contributed by atoms with Gasteiger partial charge in [0.2, 0.25) is 5.78 Å². The molecule has 22 heavy (non-hydrogen) atoms. The maximum absolute atomic E-state index is 12.8. The van der Waals surface area contributed by atoms with Crippen molar-refractivity contribution in [3.63, 3.8) is 0 Å². The highest BCUT2D eigenvalue weighted by Gasteiger charge is 2.36. The summed E-state index contributed by atoms with van der Waals surface area (Å²) in [6.07, 6.45) is 0. The molecule has 0 bridgehead atoms. The summed E-state index contributed by atoms with van der Waals surface area (Å²) in [5.41, 5.74) is 1.18. The molecule has 1 aliphatic rings. The predicted molar refractivity (Wildman–Crippen MR) is 79.3 cm³/mol. The molecular formula is C17H14O5. The molecule has 0 heterocycles. The van der Waals surface area contributed by atoms with Crippen molar-refractivity contribution in [2.24, 2.45) is 0 Å². The average Bonchev–Trinajstić information content (AvgIpc) is 2.51. The van der Waals surface area contributed by atoms with Gasteiger partial charge >= 0.3 is 0 Å². The Balaban J connectivity index is 2.37. The lowest BCUT2D eigenvalue weighted by Crippen LogP contribution is -2.22. The summed E-state index contributed by atoms with van der Waals surface area (Å²) in [4.78, 5) is 25.5. The highest BCUT2D eigenvalue weighted by molar-refractivity contribution is 6.30. The summed E-state index contributed by atoms with van der Waals surface area (Å²) in [7, 11) is 2.83. The van der Waals surface area contributed by atoms with Crippen molar-refractivity contribution >= 4 is 11.6 Å². The van der Waals surface area contributed by atoms with Crippen LogP contribution in [0.25, 0.3) is 0 Å². The number of hydrogen-bond donors (Lipinski definition) is 1. The van der Waals surface area contributed by atoms with E-state index in [-0.39, 0.29) is 39.5 Å². The Kier molecular flexibility index (Phi) is 3.13. The smallest absolute Gasteiger partial charge is 0.202 e. The fourth-order valence-corrected chi connectivity index (χ4v) is 2.84. The van der Waals surface area contributed by atoms with Crippen LogP contribution in [-0.2, 0) is 0 Å². The van der Waals surface area contributed by atoms with Gasteiger partial charge in [-0.05, 0) is 24.6 Å². The summed E-state index contributed by atoms with van der Waals surface area (Å²) in [6, 6.07) is 6.41. The normalized spacial score (nSPS) is 12.7. The lowest BCUT2D eigenvalue weighted by atomic mass is 9.82. The number of aromatic hydroxyl groups is 1. The highest BCUT2D eigenvalue weighted by Crippen LogP contribution is 2.42. The lowest BCUT2D eigenvalue weighted by Gasteiger charge is -2.22. The molecule has 0 saturated carbocycles. The Morgan fingerprint density at radius 3 is 2.32 bits per heavy atom. The van der Waals surface area contributed by atoms with Gasteiger partial charge in [0.25, 0.3) is 0 Å². The van der Waals surface area contributed by atoms with E-state index in [1.165, 1.54) is 14.2 Å². The van der Waals surface area contributed by atoms with Gasteiger partial charge in [0, 0.05) is 11.1 Å². The van der Waals surface area contributed by atoms with E-state index < -0.39 is 5.78 Å². The van der Waals surface area contributed by atoms with Gasteiger partial charge < -0.3 is 14.6 Å². The fraction of sp³-hybridized carbons (Fsp3) is 0.176. The number of phenolic OH excluding ortho intramolecular Hbond substituents is 1. The first-order chi connectivity index (χ1) is 10.5. The van der Waals surface area contributed by atoms with Crippen LogP contribution < -0.4 is 9.47 Å². The van der Waals surface area contributed by atoms with Gasteiger partial charge in [0.1, 0.15) is 5.75 Å². The standard InChI is InChI=1S/C17H14O5/c1-8-7-10-13(16(20)17(8)22-3)15(19)12-9(14(10)18)5-4-6-11(12)21-2/h4-7,20H,1-3H3. The fourth-order valence-electron chi connectivity index (χ4n) is 2.84. The van der Waals surface area contributed by atoms with E-state index in [0.29, 0.717) is 11.3 Å². The van der Waals surface area contributed by atoms with Gasteiger partial charge in [-0.1, -0.05) is 12.1 Å². The molecule has 112 valence electrons. The van der Waals surface area contributed by atoms with E-state index in [4.69, 9.17) is 9.47 Å². The molecule has 1 N–H and O–H groups in total. The van der Waals surface area contributed by atoms with Gasteiger partial charge in [-0.15, -0.1) is 0 Å². The number of benzene rings is 2. The largest absolute Gasteiger partial charge is 0.504 e. The highest BCUT2D eigenvalue weighted by atomic mass is 16.5. The molecule has 0 aromatic heterocycles. The molecule has 3 rings (SSSR count). The van der Waals surface area contributed by atoms with E-state index in [1.54, 1.807) is 31.2 Å². The monoisotopic (exact) mass is 298 g/mol. The molecule has 1 aliphatic carbocycles. The number of methoxy groups -OCH3 is 2. The molecule has 5 nitrogen and oxygen atoms in total. The number of ether oxygens (including phenoxy) is 2. The minimum Gasteiger partial charge on any atom is -0.504 e. The molecule has 0 aliphatic heterocycles. The number of carbonyl (C=O) groups is 2. The van der Waals surface area contributed by atoms with Crippen LogP contribution in [0.1, 0.15) is 37.4 Å². The van der Waals surface area contributed by atoms with E-state index in [2.05, 4.69) is 0 Å².